The van der Waals surface area contributed by atoms with Crippen molar-refractivity contribution >= 4 is 34.5 Å². The number of anilines is 2. The molecule has 0 bridgehead atoms. The van der Waals surface area contributed by atoms with Crippen LogP contribution in [0.3, 0.4) is 0 Å². The number of benzene rings is 2. The van der Waals surface area contributed by atoms with Crippen LogP contribution in [0.4, 0.5) is 15.8 Å². The standard InChI is InChI=1S/C21H14FN5O3S/c22-12-3-1-4-14(9-12)27-20(17-5-2-8-31-17)25-19(26-27)21(29)23-13-6-7-16-15(10-13)24-18(28)11-30-16/h1-10H,11H2,(H,23,29)(H,24,28). The van der Waals surface area contributed by atoms with Crippen LogP contribution >= 0.6 is 11.3 Å². The van der Waals surface area contributed by atoms with E-state index in [1.807, 2.05) is 17.5 Å². The SMILES string of the molecule is O=C1COc2ccc(NC(=O)c3nc(-c4cccs4)n(-c4cccc(F)c4)n3)cc2N1. The minimum atomic E-state index is -0.545. The summed E-state index contributed by atoms with van der Waals surface area (Å²) in [6.07, 6.45) is 0. The summed E-state index contributed by atoms with van der Waals surface area (Å²) in [7, 11) is 0. The Morgan fingerprint density at radius 2 is 2.10 bits per heavy atom. The molecule has 0 spiro atoms. The highest BCUT2D eigenvalue weighted by atomic mass is 32.1. The second-order valence-corrected chi connectivity index (χ2v) is 7.58. The van der Waals surface area contributed by atoms with Gasteiger partial charge in [0.1, 0.15) is 11.6 Å². The van der Waals surface area contributed by atoms with Crippen LogP contribution in [-0.4, -0.2) is 33.2 Å². The fraction of sp³-hybridized carbons (Fsp3) is 0.0476. The maximum absolute atomic E-state index is 13.8. The molecule has 8 nitrogen and oxygen atoms in total. The van der Waals surface area contributed by atoms with Crippen LogP contribution in [0, 0.1) is 5.82 Å². The van der Waals surface area contributed by atoms with Gasteiger partial charge in [-0.3, -0.25) is 9.59 Å². The average molecular weight is 435 g/mol. The fourth-order valence-electron chi connectivity index (χ4n) is 3.11. The lowest BCUT2D eigenvalue weighted by Crippen LogP contribution is -2.25. The van der Waals surface area contributed by atoms with Crippen LogP contribution in [0.1, 0.15) is 10.6 Å². The molecule has 154 valence electrons. The summed E-state index contributed by atoms with van der Waals surface area (Å²) in [6, 6.07) is 14.5. The first-order valence-electron chi connectivity index (χ1n) is 9.22. The number of hydrogen-bond acceptors (Lipinski definition) is 6. The number of carbonyl (C=O) groups is 2. The zero-order valence-electron chi connectivity index (χ0n) is 15.8. The van der Waals surface area contributed by atoms with Gasteiger partial charge in [0, 0.05) is 5.69 Å². The van der Waals surface area contributed by atoms with Crippen molar-refractivity contribution in [3.05, 3.63) is 71.6 Å². The van der Waals surface area contributed by atoms with Gasteiger partial charge in [0.05, 0.1) is 16.3 Å². The Hall–Kier alpha value is -4.05. The van der Waals surface area contributed by atoms with Gasteiger partial charge in [-0.1, -0.05) is 12.1 Å². The van der Waals surface area contributed by atoms with Gasteiger partial charge >= 0.3 is 0 Å². The number of carbonyl (C=O) groups excluding carboxylic acids is 2. The van der Waals surface area contributed by atoms with E-state index in [1.54, 1.807) is 30.3 Å². The highest BCUT2D eigenvalue weighted by molar-refractivity contribution is 7.13. The zero-order chi connectivity index (χ0) is 21.4. The highest BCUT2D eigenvalue weighted by Crippen LogP contribution is 2.31. The Balaban J connectivity index is 1.48. The van der Waals surface area contributed by atoms with Crippen LogP contribution in [0.15, 0.2) is 60.0 Å². The Kier molecular flexibility index (Phi) is 4.68. The second kappa shape index (κ2) is 7.65. The zero-order valence-corrected chi connectivity index (χ0v) is 16.6. The number of ether oxygens (including phenoxy) is 1. The minimum Gasteiger partial charge on any atom is -0.482 e. The minimum absolute atomic E-state index is 0.0500. The predicted octanol–water partition coefficient (Wildman–Crippen LogP) is 3.72. The van der Waals surface area contributed by atoms with Crippen molar-refractivity contribution in [2.45, 2.75) is 0 Å². The lowest BCUT2D eigenvalue weighted by Gasteiger charge is -2.18. The average Bonchev–Trinajstić information content (AvgIpc) is 3.43. The normalized spacial score (nSPS) is 12.6. The van der Waals surface area contributed by atoms with Crippen molar-refractivity contribution in [1.29, 1.82) is 0 Å². The van der Waals surface area contributed by atoms with Gasteiger partial charge in [-0.2, -0.15) is 0 Å². The number of halogens is 1. The molecule has 10 heteroatoms. The lowest BCUT2D eigenvalue weighted by molar-refractivity contribution is -0.118. The summed E-state index contributed by atoms with van der Waals surface area (Å²) in [4.78, 5) is 29.5. The number of thiophene rings is 1. The molecule has 4 aromatic rings. The first kappa shape index (κ1) is 18.9. The quantitative estimate of drug-likeness (QED) is 0.509. The molecule has 2 aromatic heterocycles. The molecular formula is C21H14FN5O3S. The number of amides is 2. The summed E-state index contributed by atoms with van der Waals surface area (Å²) in [5.41, 5.74) is 1.35. The maximum atomic E-state index is 13.8. The van der Waals surface area contributed by atoms with E-state index >= 15 is 0 Å². The monoisotopic (exact) mass is 435 g/mol. The van der Waals surface area contributed by atoms with Gasteiger partial charge in [-0.25, -0.2) is 14.1 Å². The molecule has 1 aliphatic rings. The number of rotatable bonds is 4. The van der Waals surface area contributed by atoms with Gasteiger partial charge in [0.15, 0.2) is 12.4 Å². The van der Waals surface area contributed by atoms with Crippen molar-refractivity contribution in [3.8, 4) is 22.1 Å². The maximum Gasteiger partial charge on any atom is 0.295 e. The fourth-order valence-corrected chi connectivity index (χ4v) is 3.81. The number of aromatic nitrogens is 3. The molecule has 0 saturated carbocycles. The van der Waals surface area contributed by atoms with E-state index in [1.165, 1.54) is 28.2 Å². The molecule has 0 radical (unpaired) electrons. The van der Waals surface area contributed by atoms with Crippen molar-refractivity contribution in [2.75, 3.05) is 17.2 Å². The number of hydrogen-bond donors (Lipinski definition) is 2. The van der Waals surface area contributed by atoms with Crippen LogP contribution in [0.2, 0.25) is 0 Å². The summed E-state index contributed by atoms with van der Waals surface area (Å²) < 4.78 is 20.5. The van der Waals surface area contributed by atoms with Gasteiger partial charge in [0.2, 0.25) is 5.82 Å². The molecule has 0 aliphatic carbocycles. The van der Waals surface area contributed by atoms with Crippen LogP contribution in [0.25, 0.3) is 16.4 Å². The highest BCUT2D eigenvalue weighted by Gasteiger charge is 2.21. The molecule has 31 heavy (non-hydrogen) atoms. The van der Waals surface area contributed by atoms with Gasteiger partial charge in [0.25, 0.3) is 11.8 Å². The number of nitrogens with one attached hydrogen (secondary N) is 2. The molecule has 0 unspecified atom stereocenters. The smallest absolute Gasteiger partial charge is 0.295 e. The van der Waals surface area contributed by atoms with Gasteiger partial charge in [-0.05, 0) is 47.8 Å². The van der Waals surface area contributed by atoms with E-state index in [0.29, 0.717) is 28.6 Å². The largest absolute Gasteiger partial charge is 0.482 e. The van der Waals surface area contributed by atoms with E-state index in [0.717, 1.165) is 4.88 Å². The molecule has 1 aliphatic heterocycles. The molecule has 0 atom stereocenters. The van der Waals surface area contributed by atoms with Crippen molar-refractivity contribution < 1.29 is 18.7 Å². The van der Waals surface area contributed by atoms with E-state index in [-0.39, 0.29) is 18.3 Å². The van der Waals surface area contributed by atoms with E-state index in [2.05, 4.69) is 20.7 Å². The Labute approximate surface area is 179 Å². The van der Waals surface area contributed by atoms with Crippen molar-refractivity contribution in [3.63, 3.8) is 0 Å². The topological polar surface area (TPSA) is 98.1 Å². The summed E-state index contributed by atoms with van der Waals surface area (Å²) in [5, 5.41) is 11.6. The van der Waals surface area contributed by atoms with E-state index < -0.39 is 11.7 Å². The number of nitrogens with zero attached hydrogens (tertiary/aromatic N) is 3. The van der Waals surface area contributed by atoms with Crippen LogP contribution in [0.5, 0.6) is 5.75 Å². The molecule has 5 rings (SSSR count). The molecule has 2 N–H and O–H groups in total. The predicted molar refractivity (Wildman–Crippen MR) is 113 cm³/mol. The third-order valence-corrected chi connectivity index (χ3v) is 5.34. The second-order valence-electron chi connectivity index (χ2n) is 6.63. The van der Waals surface area contributed by atoms with Crippen LogP contribution < -0.4 is 15.4 Å². The summed E-state index contributed by atoms with van der Waals surface area (Å²) in [5.74, 6) is -0.369. The molecule has 3 heterocycles. The first-order valence-corrected chi connectivity index (χ1v) is 10.1. The van der Waals surface area contributed by atoms with E-state index in [4.69, 9.17) is 4.74 Å². The molecule has 2 amide bonds. The first-order chi connectivity index (χ1) is 15.1. The number of fused-ring (bicyclic) bond motifs is 1. The third kappa shape index (κ3) is 3.76. The van der Waals surface area contributed by atoms with Crippen molar-refractivity contribution in [2.24, 2.45) is 0 Å². The molecule has 2 aromatic carbocycles. The molecular weight excluding hydrogens is 421 g/mol. The Morgan fingerprint density at radius 1 is 1.19 bits per heavy atom. The Morgan fingerprint density at radius 3 is 2.90 bits per heavy atom. The van der Waals surface area contributed by atoms with E-state index in [9.17, 15) is 14.0 Å². The molecule has 0 saturated heterocycles. The van der Waals surface area contributed by atoms with Crippen molar-refractivity contribution in [1.82, 2.24) is 14.8 Å². The lowest BCUT2D eigenvalue weighted by atomic mass is 10.2. The summed E-state index contributed by atoms with van der Waals surface area (Å²) >= 11 is 1.43. The van der Waals surface area contributed by atoms with Crippen LogP contribution in [-0.2, 0) is 4.79 Å². The summed E-state index contributed by atoms with van der Waals surface area (Å²) in [6.45, 7) is -0.0500. The third-order valence-electron chi connectivity index (χ3n) is 4.47. The van der Waals surface area contributed by atoms with Gasteiger partial charge < -0.3 is 15.4 Å². The Bertz CT molecular complexity index is 1300. The van der Waals surface area contributed by atoms with Gasteiger partial charge in [-0.15, -0.1) is 16.4 Å². The molecule has 0 fully saturated rings.